The van der Waals surface area contributed by atoms with E-state index >= 15 is 0 Å². The van der Waals surface area contributed by atoms with Crippen LogP contribution in [0.25, 0.3) is 0 Å². The molecule has 0 unspecified atom stereocenters. The smallest absolute Gasteiger partial charge is 0.335 e. The van der Waals surface area contributed by atoms with Gasteiger partial charge >= 0.3 is 5.97 Å². The third kappa shape index (κ3) is 4.79. The molecule has 0 radical (unpaired) electrons. The van der Waals surface area contributed by atoms with Crippen LogP contribution in [0, 0.1) is 5.92 Å². The van der Waals surface area contributed by atoms with Gasteiger partial charge in [0.25, 0.3) is 0 Å². The standard InChI is InChI=1S/C19H28N2O2/c22-19(23)18-8-6-17(7-9-18)15-21-12-10-20(11-13-21)14-16-4-2-1-3-5-16/h6-9,16H,1-5,10-15H2,(H,22,23). The van der Waals surface area contributed by atoms with Crippen LogP contribution in [0.3, 0.4) is 0 Å². The Labute approximate surface area is 139 Å². The van der Waals surface area contributed by atoms with Crippen molar-refractivity contribution in [3.63, 3.8) is 0 Å². The minimum atomic E-state index is -0.854. The number of piperazine rings is 1. The Morgan fingerprint density at radius 1 is 0.957 bits per heavy atom. The monoisotopic (exact) mass is 316 g/mol. The molecular formula is C19H28N2O2. The van der Waals surface area contributed by atoms with Crippen LogP contribution in [-0.4, -0.2) is 53.6 Å². The molecule has 4 heteroatoms. The molecule has 1 aliphatic heterocycles. The average Bonchev–Trinajstić information content (AvgIpc) is 2.58. The summed E-state index contributed by atoms with van der Waals surface area (Å²) in [6.07, 6.45) is 7.14. The molecule has 4 nitrogen and oxygen atoms in total. The second-order valence-electron chi connectivity index (χ2n) is 7.08. The van der Waals surface area contributed by atoms with Crippen molar-refractivity contribution in [2.24, 2.45) is 5.92 Å². The summed E-state index contributed by atoms with van der Waals surface area (Å²) in [7, 11) is 0. The maximum atomic E-state index is 10.9. The topological polar surface area (TPSA) is 43.8 Å². The van der Waals surface area contributed by atoms with E-state index in [1.807, 2.05) is 12.1 Å². The minimum Gasteiger partial charge on any atom is -0.478 e. The summed E-state index contributed by atoms with van der Waals surface area (Å²) in [4.78, 5) is 16.0. The molecule has 2 aliphatic rings. The zero-order chi connectivity index (χ0) is 16.1. The molecule has 0 atom stereocenters. The van der Waals surface area contributed by atoms with E-state index in [4.69, 9.17) is 5.11 Å². The van der Waals surface area contributed by atoms with Crippen molar-refractivity contribution in [1.82, 2.24) is 9.80 Å². The number of carboxylic acids is 1. The van der Waals surface area contributed by atoms with Gasteiger partial charge in [-0.05, 0) is 36.5 Å². The molecule has 1 N–H and O–H groups in total. The van der Waals surface area contributed by atoms with Crippen LogP contribution in [0.2, 0.25) is 0 Å². The molecule has 2 fully saturated rings. The lowest BCUT2D eigenvalue weighted by molar-refractivity contribution is 0.0697. The minimum absolute atomic E-state index is 0.367. The van der Waals surface area contributed by atoms with E-state index < -0.39 is 5.97 Å². The zero-order valence-electron chi connectivity index (χ0n) is 13.9. The third-order valence-corrected chi connectivity index (χ3v) is 5.31. The number of rotatable bonds is 5. The van der Waals surface area contributed by atoms with E-state index in [0.717, 1.165) is 25.6 Å². The molecule has 1 heterocycles. The van der Waals surface area contributed by atoms with E-state index in [9.17, 15) is 4.79 Å². The molecule has 1 aromatic carbocycles. The van der Waals surface area contributed by atoms with Gasteiger partial charge in [-0.3, -0.25) is 4.90 Å². The number of aromatic carboxylic acids is 1. The Kier molecular flexibility index (Phi) is 5.68. The van der Waals surface area contributed by atoms with E-state index in [1.54, 1.807) is 12.1 Å². The number of hydrogen-bond donors (Lipinski definition) is 1. The molecular weight excluding hydrogens is 288 g/mol. The van der Waals surface area contributed by atoms with Crippen LogP contribution in [0.4, 0.5) is 0 Å². The first-order valence-corrected chi connectivity index (χ1v) is 8.97. The quantitative estimate of drug-likeness (QED) is 0.906. The average molecular weight is 316 g/mol. The van der Waals surface area contributed by atoms with Crippen LogP contribution >= 0.6 is 0 Å². The van der Waals surface area contributed by atoms with Gasteiger partial charge in [0.1, 0.15) is 0 Å². The molecule has 0 bridgehead atoms. The number of benzene rings is 1. The fraction of sp³-hybridized carbons (Fsp3) is 0.632. The zero-order valence-corrected chi connectivity index (χ0v) is 13.9. The summed E-state index contributed by atoms with van der Waals surface area (Å²) in [6.45, 7) is 6.80. The van der Waals surface area contributed by atoms with Crippen molar-refractivity contribution in [2.45, 2.75) is 38.6 Å². The normalized spacial score (nSPS) is 21.4. The lowest BCUT2D eigenvalue weighted by atomic mass is 9.89. The summed E-state index contributed by atoms with van der Waals surface area (Å²) in [5.74, 6) is 0.0757. The second kappa shape index (κ2) is 7.93. The van der Waals surface area contributed by atoms with Gasteiger partial charge in [-0.2, -0.15) is 0 Å². The fourth-order valence-corrected chi connectivity index (χ4v) is 3.88. The Balaban J connectivity index is 1.42. The number of hydrogen-bond acceptors (Lipinski definition) is 3. The first-order chi connectivity index (χ1) is 11.2. The van der Waals surface area contributed by atoms with Crippen molar-refractivity contribution < 1.29 is 9.90 Å². The maximum Gasteiger partial charge on any atom is 0.335 e. The van der Waals surface area contributed by atoms with Crippen LogP contribution in [-0.2, 0) is 6.54 Å². The van der Waals surface area contributed by atoms with E-state index in [2.05, 4.69) is 9.80 Å². The predicted molar refractivity (Wildman–Crippen MR) is 91.7 cm³/mol. The molecule has 1 saturated carbocycles. The van der Waals surface area contributed by atoms with Crippen LogP contribution in [0.15, 0.2) is 24.3 Å². The summed E-state index contributed by atoms with van der Waals surface area (Å²) in [5, 5.41) is 8.94. The predicted octanol–water partition coefficient (Wildman–Crippen LogP) is 3.08. The Bertz CT molecular complexity index is 501. The van der Waals surface area contributed by atoms with E-state index in [-0.39, 0.29) is 0 Å². The molecule has 1 aromatic rings. The van der Waals surface area contributed by atoms with Gasteiger partial charge in [0, 0.05) is 39.3 Å². The van der Waals surface area contributed by atoms with Crippen LogP contribution < -0.4 is 0 Å². The summed E-state index contributed by atoms with van der Waals surface area (Å²) >= 11 is 0. The van der Waals surface area contributed by atoms with Crippen LogP contribution in [0.1, 0.15) is 48.0 Å². The highest BCUT2D eigenvalue weighted by Gasteiger charge is 2.21. The van der Waals surface area contributed by atoms with Gasteiger partial charge < -0.3 is 10.0 Å². The highest BCUT2D eigenvalue weighted by Crippen LogP contribution is 2.24. The number of nitrogens with zero attached hydrogens (tertiary/aromatic N) is 2. The van der Waals surface area contributed by atoms with E-state index in [1.165, 1.54) is 57.3 Å². The highest BCUT2D eigenvalue weighted by atomic mass is 16.4. The maximum absolute atomic E-state index is 10.9. The highest BCUT2D eigenvalue weighted by molar-refractivity contribution is 5.87. The van der Waals surface area contributed by atoms with Crippen molar-refractivity contribution in [2.75, 3.05) is 32.7 Å². The first kappa shape index (κ1) is 16.5. The molecule has 0 amide bonds. The molecule has 23 heavy (non-hydrogen) atoms. The Hall–Kier alpha value is -1.39. The van der Waals surface area contributed by atoms with Gasteiger partial charge in [-0.25, -0.2) is 4.79 Å². The molecule has 3 rings (SSSR count). The Morgan fingerprint density at radius 3 is 2.17 bits per heavy atom. The number of carbonyl (C=O) groups is 1. The van der Waals surface area contributed by atoms with Crippen LogP contribution in [0.5, 0.6) is 0 Å². The molecule has 1 saturated heterocycles. The van der Waals surface area contributed by atoms with Crippen molar-refractivity contribution in [1.29, 1.82) is 0 Å². The van der Waals surface area contributed by atoms with Gasteiger partial charge in [-0.1, -0.05) is 31.4 Å². The summed E-state index contributed by atoms with van der Waals surface area (Å²) < 4.78 is 0. The fourth-order valence-electron chi connectivity index (χ4n) is 3.88. The SMILES string of the molecule is O=C(O)c1ccc(CN2CCN(CC3CCCCC3)CC2)cc1. The van der Waals surface area contributed by atoms with Gasteiger partial charge in [-0.15, -0.1) is 0 Å². The molecule has 0 spiro atoms. The van der Waals surface area contributed by atoms with E-state index in [0.29, 0.717) is 5.56 Å². The number of carboxylic acid groups (broad SMARTS) is 1. The summed E-state index contributed by atoms with van der Waals surface area (Å²) in [6, 6.07) is 7.30. The Morgan fingerprint density at radius 2 is 1.57 bits per heavy atom. The van der Waals surface area contributed by atoms with Gasteiger partial charge in [0.15, 0.2) is 0 Å². The largest absolute Gasteiger partial charge is 0.478 e. The van der Waals surface area contributed by atoms with Crippen molar-refractivity contribution >= 4 is 5.97 Å². The summed E-state index contributed by atoms with van der Waals surface area (Å²) in [5.41, 5.74) is 1.57. The van der Waals surface area contributed by atoms with Gasteiger partial charge in [0.2, 0.25) is 0 Å². The molecule has 126 valence electrons. The molecule has 1 aliphatic carbocycles. The third-order valence-electron chi connectivity index (χ3n) is 5.31. The second-order valence-corrected chi connectivity index (χ2v) is 7.08. The lowest BCUT2D eigenvalue weighted by Gasteiger charge is -2.37. The lowest BCUT2D eigenvalue weighted by Crippen LogP contribution is -2.47. The van der Waals surface area contributed by atoms with Gasteiger partial charge in [0.05, 0.1) is 5.56 Å². The molecule has 0 aromatic heterocycles. The van der Waals surface area contributed by atoms with Crippen molar-refractivity contribution in [3.8, 4) is 0 Å². The first-order valence-electron chi connectivity index (χ1n) is 8.97. The van der Waals surface area contributed by atoms with Crippen molar-refractivity contribution in [3.05, 3.63) is 35.4 Å².